The molecule has 180 valence electrons. The van der Waals surface area contributed by atoms with Crippen molar-refractivity contribution in [2.45, 2.75) is 81.7 Å². The molecule has 0 aromatic carbocycles. The van der Waals surface area contributed by atoms with E-state index >= 15 is 0 Å². The lowest BCUT2D eigenvalue weighted by atomic mass is 9.79. The van der Waals surface area contributed by atoms with Gasteiger partial charge in [0.15, 0.2) is 0 Å². The van der Waals surface area contributed by atoms with Gasteiger partial charge in [-0.15, -0.1) is 0 Å². The predicted octanol–water partition coefficient (Wildman–Crippen LogP) is 1.83. The highest BCUT2D eigenvalue weighted by Crippen LogP contribution is 2.57. The number of rotatable bonds is 6. The first kappa shape index (κ1) is 22.6. The molecule has 8 nitrogen and oxygen atoms in total. The Morgan fingerprint density at radius 1 is 1.03 bits per heavy atom. The van der Waals surface area contributed by atoms with Crippen molar-refractivity contribution in [3.05, 3.63) is 0 Å². The third-order valence-corrected chi connectivity index (χ3v) is 10.9. The smallest absolute Gasteiger partial charge is 0.320 e. The molecule has 3 aliphatic carbocycles. The Bertz CT molecular complexity index is 849. The molecule has 32 heavy (non-hydrogen) atoms. The summed E-state index contributed by atoms with van der Waals surface area (Å²) in [5.74, 6) is -1.92. The third kappa shape index (κ3) is 3.88. The average Bonchev–Trinajstić information content (AvgIpc) is 3.51. The van der Waals surface area contributed by atoms with Crippen molar-refractivity contribution < 1.29 is 27.5 Å². The molecule has 2 heterocycles. The zero-order valence-electron chi connectivity index (χ0n) is 19.0. The largest absolute Gasteiger partial charge is 0.460 e. The van der Waals surface area contributed by atoms with Crippen LogP contribution in [0.4, 0.5) is 0 Å². The number of ether oxygens (including phenoxy) is 2. The van der Waals surface area contributed by atoms with Gasteiger partial charge in [0.05, 0.1) is 17.7 Å². The topological polar surface area (TPSA) is 102 Å². The predicted molar refractivity (Wildman–Crippen MR) is 117 cm³/mol. The first-order valence-electron chi connectivity index (χ1n) is 12.5. The molecule has 2 saturated heterocycles. The van der Waals surface area contributed by atoms with Crippen LogP contribution in [0.3, 0.4) is 0 Å². The second-order valence-corrected chi connectivity index (χ2v) is 12.5. The summed E-state index contributed by atoms with van der Waals surface area (Å²) in [6.07, 6.45) is 7.91. The van der Waals surface area contributed by atoms with E-state index in [0.717, 1.165) is 58.0 Å². The molecule has 0 aromatic rings. The van der Waals surface area contributed by atoms with Gasteiger partial charge in [0.25, 0.3) is 0 Å². The van der Waals surface area contributed by atoms with Gasteiger partial charge in [-0.25, -0.2) is 13.1 Å². The monoisotopic (exact) mass is 468 g/mol. The number of likely N-dealkylation sites (tertiary alicyclic amines) is 1. The van der Waals surface area contributed by atoms with Crippen LogP contribution < -0.4 is 4.72 Å². The fraction of sp³-hybridized carbons (Fsp3) is 0.913. The molecular formula is C23H36N2O6S. The van der Waals surface area contributed by atoms with Crippen molar-refractivity contribution in [2.24, 2.45) is 23.7 Å². The molecule has 5 rings (SSSR count). The van der Waals surface area contributed by atoms with Crippen molar-refractivity contribution in [3.63, 3.8) is 0 Å². The number of carbonyl (C=O) groups is 2. The van der Waals surface area contributed by atoms with E-state index < -0.39 is 32.9 Å². The SMILES string of the molecule is CCC1(OC(=O)C2C3CC(C4CNS(=O)(=O)C43)C2OC(=O)CN2CCCCC2)CCCC1. The lowest BCUT2D eigenvalue weighted by Crippen LogP contribution is -2.50. The van der Waals surface area contributed by atoms with E-state index in [1.54, 1.807) is 0 Å². The lowest BCUT2D eigenvalue weighted by Gasteiger charge is -2.37. The van der Waals surface area contributed by atoms with Gasteiger partial charge in [-0.3, -0.25) is 14.5 Å². The number of nitrogens with zero attached hydrogens (tertiary/aromatic N) is 1. The van der Waals surface area contributed by atoms with Gasteiger partial charge in [-0.1, -0.05) is 13.3 Å². The molecule has 0 spiro atoms. The maximum absolute atomic E-state index is 13.5. The molecule has 5 aliphatic rings. The van der Waals surface area contributed by atoms with Crippen LogP contribution >= 0.6 is 0 Å². The standard InChI is InChI=1S/C23H36N2O6S/c1-2-23(8-4-5-9-23)31-22(27)19-16-12-15(17-13-24-32(28,29)21(16)17)20(19)30-18(26)14-25-10-6-3-7-11-25/h15-17,19-21,24H,2-14H2,1H3. The van der Waals surface area contributed by atoms with E-state index in [2.05, 4.69) is 9.62 Å². The van der Waals surface area contributed by atoms with E-state index in [0.29, 0.717) is 13.0 Å². The van der Waals surface area contributed by atoms with Gasteiger partial charge in [0.2, 0.25) is 10.0 Å². The van der Waals surface area contributed by atoms with Crippen LogP contribution in [0.1, 0.15) is 64.7 Å². The molecule has 2 bridgehead atoms. The average molecular weight is 469 g/mol. The van der Waals surface area contributed by atoms with Crippen LogP contribution in [0.5, 0.6) is 0 Å². The minimum atomic E-state index is -3.45. The van der Waals surface area contributed by atoms with Gasteiger partial charge in [0.1, 0.15) is 11.7 Å². The highest BCUT2D eigenvalue weighted by Gasteiger charge is 2.68. The highest BCUT2D eigenvalue weighted by molar-refractivity contribution is 7.90. The van der Waals surface area contributed by atoms with E-state index in [-0.39, 0.29) is 36.2 Å². The van der Waals surface area contributed by atoms with E-state index in [1.807, 2.05) is 6.92 Å². The van der Waals surface area contributed by atoms with Crippen LogP contribution in [-0.4, -0.2) is 68.4 Å². The Labute approximate surface area is 190 Å². The molecule has 1 N–H and O–H groups in total. The number of sulfonamides is 1. The first-order valence-corrected chi connectivity index (χ1v) is 14.0. The second kappa shape index (κ2) is 8.55. The van der Waals surface area contributed by atoms with Crippen molar-refractivity contribution >= 4 is 22.0 Å². The van der Waals surface area contributed by atoms with Crippen LogP contribution in [0.15, 0.2) is 0 Å². The van der Waals surface area contributed by atoms with Crippen molar-refractivity contribution in [2.75, 3.05) is 26.2 Å². The summed E-state index contributed by atoms with van der Waals surface area (Å²) < 4.78 is 40.1. The van der Waals surface area contributed by atoms with Gasteiger partial charge < -0.3 is 9.47 Å². The molecule has 0 amide bonds. The summed E-state index contributed by atoms with van der Waals surface area (Å²) in [5, 5.41) is -0.580. The second-order valence-electron chi connectivity index (χ2n) is 10.6. The zero-order chi connectivity index (χ0) is 22.5. The van der Waals surface area contributed by atoms with Gasteiger partial charge >= 0.3 is 11.9 Å². The Kier molecular flexibility index (Phi) is 6.03. The van der Waals surface area contributed by atoms with Crippen molar-refractivity contribution in [1.29, 1.82) is 0 Å². The van der Waals surface area contributed by atoms with E-state index in [1.165, 1.54) is 6.42 Å². The van der Waals surface area contributed by atoms with Crippen LogP contribution in [0.2, 0.25) is 0 Å². The third-order valence-electron chi connectivity index (χ3n) is 8.87. The molecule has 6 atom stereocenters. The highest BCUT2D eigenvalue weighted by atomic mass is 32.2. The first-order chi connectivity index (χ1) is 15.3. The van der Waals surface area contributed by atoms with Crippen molar-refractivity contribution in [3.8, 4) is 0 Å². The fourth-order valence-electron chi connectivity index (χ4n) is 7.25. The summed E-state index contributed by atoms with van der Waals surface area (Å²) in [6, 6.07) is 0. The summed E-state index contributed by atoms with van der Waals surface area (Å²) in [6.45, 7) is 4.43. The van der Waals surface area contributed by atoms with E-state index in [4.69, 9.17) is 9.47 Å². The lowest BCUT2D eigenvalue weighted by molar-refractivity contribution is -0.177. The normalized spacial score (nSPS) is 39.7. The zero-order valence-corrected chi connectivity index (χ0v) is 19.8. The molecule has 2 aliphatic heterocycles. The minimum Gasteiger partial charge on any atom is -0.460 e. The number of hydrogen-bond donors (Lipinski definition) is 1. The van der Waals surface area contributed by atoms with Gasteiger partial charge in [-0.05, 0) is 76.3 Å². The molecule has 0 radical (unpaired) electrons. The summed E-state index contributed by atoms with van der Waals surface area (Å²) >= 11 is 0. The molecule has 3 saturated carbocycles. The Balaban J connectivity index is 1.35. The fourth-order valence-corrected chi connectivity index (χ4v) is 9.36. The molecule has 6 unspecified atom stereocenters. The van der Waals surface area contributed by atoms with Gasteiger partial charge in [0, 0.05) is 12.5 Å². The number of fused-ring (bicyclic) bond motifs is 5. The quantitative estimate of drug-likeness (QED) is 0.594. The maximum atomic E-state index is 13.5. The molecule has 0 aromatic heterocycles. The van der Waals surface area contributed by atoms with Crippen LogP contribution in [0.25, 0.3) is 0 Å². The molecular weight excluding hydrogens is 432 g/mol. The van der Waals surface area contributed by atoms with Crippen LogP contribution in [-0.2, 0) is 29.1 Å². The number of esters is 2. The number of hydrogen-bond acceptors (Lipinski definition) is 7. The Morgan fingerprint density at radius 3 is 2.44 bits per heavy atom. The number of piperidine rings is 1. The van der Waals surface area contributed by atoms with E-state index in [9.17, 15) is 18.0 Å². The molecule has 5 fully saturated rings. The van der Waals surface area contributed by atoms with Crippen molar-refractivity contribution in [1.82, 2.24) is 9.62 Å². The number of carbonyl (C=O) groups excluding carboxylic acids is 2. The summed E-state index contributed by atoms with van der Waals surface area (Å²) in [4.78, 5) is 28.5. The summed E-state index contributed by atoms with van der Waals surface area (Å²) in [7, 11) is -3.45. The Morgan fingerprint density at radius 2 is 1.75 bits per heavy atom. The maximum Gasteiger partial charge on any atom is 0.320 e. The van der Waals surface area contributed by atoms with Gasteiger partial charge in [-0.2, -0.15) is 0 Å². The minimum absolute atomic E-state index is 0.103. The molecule has 9 heteroatoms. The summed E-state index contributed by atoms with van der Waals surface area (Å²) in [5.41, 5.74) is -0.451. The van der Waals surface area contributed by atoms with Crippen LogP contribution in [0, 0.1) is 23.7 Å². The Hall–Kier alpha value is -1.19. The number of nitrogens with one attached hydrogen (secondary N) is 1.